The summed E-state index contributed by atoms with van der Waals surface area (Å²) in [4.78, 5) is 0. The highest BCUT2D eigenvalue weighted by Gasteiger charge is 2.16. The highest BCUT2D eigenvalue weighted by Crippen LogP contribution is 2.25. The molecular formula is C22H29F2NO. The van der Waals surface area contributed by atoms with Crippen molar-refractivity contribution in [3.63, 3.8) is 0 Å². The Labute approximate surface area is 155 Å². The maximum atomic E-state index is 13.7. The average molecular weight is 361 g/mol. The van der Waals surface area contributed by atoms with Crippen molar-refractivity contribution in [3.05, 3.63) is 70.3 Å². The van der Waals surface area contributed by atoms with Crippen LogP contribution >= 0.6 is 0 Å². The number of rotatable bonds is 10. The Balaban J connectivity index is 1.96. The van der Waals surface area contributed by atoms with Crippen molar-refractivity contribution < 1.29 is 13.5 Å². The van der Waals surface area contributed by atoms with E-state index in [9.17, 15) is 8.78 Å². The van der Waals surface area contributed by atoms with Crippen LogP contribution < -0.4 is 5.32 Å². The molecule has 2 nitrogen and oxygen atoms in total. The van der Waals surface area contributed by atoms with Crippen LogP contribution in [0.3, 0.4) is 0 Å². The van der Waals surface area contributed by atoms with Gasteiger partial charge in [-0.2, -0.15) is 0 Å². The summed E-state index contributed by atoms with van der Waals surface area (Å²) in [5.74, 6) is -1.03. The van der Waals surface area contributed by atoms with Gasteiger partial charge in [0.1, 0.15) is 11.6 Å². The molecule has 0 radical (unpaired) electrons. The molecule has 0 saturated carbocycles. The van der Waals surface area contributed by atoms with Crippen molar-refractivity contribution in [2.45, 2.75) is 46.1 Å². The number of nitrogens with one attached hydrogen (secondary N) is 1. The summed E-state index contributed by atoms with van der Waals surface area (Å²) in [6.45, 7) is 8.58. The monoisotopic (exact) mass is 361 g/mol. The van der Waals surface area contributed by atoms with E-state index < -0.39 is 11.6 Å². The second-order valence-corrected chi connectivity index (χ2v) is 6.71. The fourth-order valence-electron chi connectivity index (χ4n) is 3.20. The Morgan fingerprint density at radius 3 is 2.46 bits per heavy atom. The Hall–Kier alpha value is -1.78. The van der Waals surface area contributed by atoms with Crippen molar-refractivity contribution in [3.8, 4) is 0 Å². The Bertz CT molecular complexity index is 682. The van der Waals surface area contributed by atoms with Crippen LogP contribution in [-0.4, -0.2) is 19.7 Å². The van der Waals surface area contributed by atoms with Crippen LogP contribution in [0.1, 0.15) is 48.1 Å². The molecule has 4 heteroatoms. The summed E-state index contributed by atoms with van der Waals surface area (Å²) in [5, 5.41) is 3.44. The van der Waals surface area contributed by atoms with Gasteiger partial charge in [0.05, 0.1) is 6.10 Å². The van der Waals surface area contributed by atoms with Crippen LogP contribution in [0.2, 0.25) is 0 Å². The summed E-state index contributed by atoms with van der Waals surface area (Å²) in [6, 6.07) is 10.0. The number of hydrogen-bond acceptors (Lipinski definition) is 2. The number of halogens is 2. The summed E-state index contributed by atoms with van der Waals surface area (Å²) >= 11 is 0. The summed E-state index contributed by atoms with van der Waals surface area (Å²) in [7, 11) is 0. The molecule has 26 heavy (non-hydrogen) atoms. The van der Waals surface area contributed by atoms with Crippen molar-refractivity contribution in [2.24, 2.45) is 0 Å². The van der Waals surface area contributed by atoms with Crippen LogP contribution in [0.25, 0.3) is 0 Å². The summed E-state index contributed by atoms with van der Waals surface area (Å²) < 4.78 is 32.9. The first kappa shape index (κ1) is 20.5. The molecule has 1 unspecified atom stereocenters. The minimum absolute atomic E-state index is 0.0270. The Morgan fingerprint density at radius 2 is 1.81 bits per heavy atom. The zero-order chi connectivity index (χ0) is 18.9. The molecule has 0 amide bonds. The Morgan fingerprint density at radius 1 is 1.08 bits per heavy atom. The number of ether oxygens (including phenoxy) is 1. The highest BCUT2D eigenvalue weighted by atomic mass is 19.1. The van der Waals surface area contributed by atoms with Gasteiger partial charge in [-0.05, 0) is 68.0 Å². The normalized spacial score (nSPS) is 12.3. The molecule has 0 aliphatic rings. The number of hydrogen-bond donors (Lipinski definition) is 1. The van der Waals surface area contributed by atoms with Crippen LogP contribution in [0.5, 0.6) is 0 Å². The van der Waals surface area contributed by atoms with Crippen LogP contribution in [-0.2, 0) is 11.2 Å². The fraction of sp³-hybridized carbons (Fsp3) is 0.455. The van der Waals surface area contributed by atoms with Gasteiger partial charge in [0.2, 0.25) is 0 Å². The maximum Gasteiger partial charge on any atom is 0.129 e. The molecule has 1 N–H and O–H groups in total. The van der Waals surface area contributed by atoms with E-state index in [1.54, 1.807) is 0 Å². The molecule has 0 heterocycles. The third-order valence-electron chi connectivity index (χ3n) is 4.55. The molecule has 0 aliphatic carbocycles. The van der Waals surface area contributed by atoms with Gasteiger partial charge in [-0.25, -0.2) is 8.78 Å². The number of aryl methyl sites for hydroxylation is 3. The predicted octanol–water partition coefficient (Wildman–Crippen LogP) is 5.27. The van der Waals surface area contributed by atoms with Gasteiger partial charge in [0.15, 0.2) is 0 Å². The quantitative estimate of drug-likeness (QED) is 0.582. The van der Waals surface area contributed by atoms with Gasteiger partial charge in [0, 0.05) is 19.2 Å². The van der Waals surface area contributed by atoms with Crippen molar-refractivity contribution in [1.29, 1.82) is 0 Å². The summed E-state index contributed by atoms with van der Waals surface area (Å²) in [6.07, 6.45) is 2.27. The summed E-state index contributed by atoms with van der Waals surface area (Å²) in [5.41, 5.74) is 4.20. The van der Waals surface area contributed by atoms with E-state index in [1.807, 2.05) is 0 Å². The zero-order valence-corrected chi connectivity index (χ0v) is 15.9. The zero-order valence-electron chi connectivity index (χ0n) is 15.9. The lowest BCUT2D eigenvalue weighted by Crippen LogP contribution is -2.25. The lowest BCUT2D eigenvalue weighted by molar-refractivity contribution is 0.0503. The van der Waals surface area contributed by atoms with Crippen LogP contribution in [0, 0.1) is 25.5 Å². The lowest BCUT2D eigenvalue weighted by atomic mass is 9.97. The minimum atomic E-state index is -0.542. The van der Waals surface area contributed by atoms with Gasteiger partial charge in [-0.3, -0.25) is 0 Å². The van der Waals surface area contributed by atoms with Gasteiger partial charge in [-0.1, -0.05) is 31.2 Å². The van der Waals surface area contributed by atoms with E-state index in [0.29, 0.717) is 25.0 Å². The van der Waals surface area contributed by atoms with Gasteiger partial charge < -0.3 is 10.1 Å². The predicted molar refractivity (Wildman–Crippen MR) is 102 cm³/mol. The second-order valence-electron chi connectivity index (χ2n) is 6.71. The van der Waals surface area contributed by atoms with Crippen molar-refractivity contribution >= 4 is 0 Å². The first-order chi connectivity index (χ1) is 12.5. The van der Waals surface area contributed by atoms with E-state index in [4.69, 9.17) is 4.74 Å². The first-order valence-corrected chi connectivity index (χ1v) is 9.35. The van der Waals surface area contributed by atoms with Crippen molar-refractivity contribution in [2.75, 3.05) is 19.7 Å². The van der Waals surface area contributed by atoms with Gasteiger partial charge in [0.25, 0.3) is 0 Å². The minimum Gasteiger partial charge on any atom is -0.372 e. The molecule has 1 atom stereocenters. The van der Waals surface area contributed by atoms with Gasteiger partial charge >= 0.3 is 0 Å². The molecule has 0 fully saturated rings. The third kappa shape index (κ3) is 5.89. The fourth-order valence-corrected chi connectivity index (χ4v) is 3.20. The molecule has 0 aliphatic heterocycles. The molecule has 2 aromatic carbocycles. The first-order valence-electron chi connectivity index (χ1n) is 9.35. The topological polar surface area (TPSA) is 21.3 Å². The van der Waals surface area contributed by atoms with E-state index in [1.165, 1.54) is 28.8 Å². The molecule has 2 rings (SSSR count). The van der Waals surface area contributed by atoms with E-state index in [-0.39, 0.29) is 6.10 Å². The smallest absolute Gasteiger partial charge is 0.129 e. The molecule has 0 saturated heterocycles. The molecular weight excluding hydrogens is 332 g/mol. The second kappa shape index (κ2) is 10.4. The molecule has 2 aromatic rings. The van der Waals surface area contributed by atoms with E-state index >= 15 is 0 Å². The van der Waals surface area contributed by atoms with Crippen LogP contribution in [0.4, 0.5) is 8.78 Å². The third-order valence-corrected chi connectivity index (χ3v) is 4.55. The highest BCUT2D eigenvalue weighted by molar-refractivity contribution is 5.35. The van der Waals surface area contributed by atoms with E-state index in [2.05, 4.69) is 44.3 Å². The largest absolute Gasteiger partial charge is 0.372 e. The molecule has 0 aromatic heterocycles. The standard InChI is InChI=1S/C22H29F2NO/c1-4-12-25-15-21(22-16(2)7-5-8-17(22)3)26-13-6-9-18-10-11-19(23)14-20(18)24/h5,7-8,10-11,14,21,25H,4,6,9,12-13,15H2,1-3H3. The van der Waals surface area contributed by atoms with E-state index in [0.717, 1.165) is 25.6 Å². The average Bonchev–Trinajstić information content (AvgIpc) is 2.59. The Kier molecular flexibility index (Phi) is 8.20. The molecule has 0 spiro atoms. The van der Waals surface area contributed by atoms with Crippen molar-refractivity contribution in [1.82, 2.24) is 5.32 Å². The van der Waals surface area contributed by atoms with Gasteiger partial charge in [-0.15, -0.1) is 0 Å². The van der Waals surface area contributed by atoms with Crippen LogP contribution in [0.15, 0.2) is 36.4 Å². The maximum absolute atomic E-state index is 13.7. The SMILES string of the molecule is CCCNCC(OCCCc1ccc(F)cc1F)c1c(C)cccc1C. The lowest BCUT2D eigenvalue weighted by Gasteiger charge is -2.23. The molecule has 0 bridgehead atoms. The molecule has 142 valence electrons. The number of benzene rings is 2.